The monoisotopic (exact) mass is 1190 g/mol. The Hall–Kier alpha value is -8.09. The molecule has 13 amide bonds. The number of imide groups is 1. The lowest BCUT2D eigenvalue weighted by Gasteiger charge is -2.29. The first kappa shape index (κ1) is 64.1. The third-order valence-electron chi connectivity index (χ3n) is 14.0. The molecule has 8 unspecified atom stereocenters. The maximum atomic E-state index is 14.1. The number of nitrogens with zero attached hydrogens (tertiary/aromatic N) is 2. The lowest BCUT2D eigenvalue weighted by Crippen LogP contribution is -2.58. The average molecular weight is 1190 g/mol. The van der Waals surface area contributed by atoms with Gasteiger partial charge in [0.1, 0.15) is 30.6 Å². The van der Waals surface area contributed by atoms with Gasteiger partial charge in [0.05, 0.1) is 54.5 Å². The van der Waals surface area contributed by atoms with Crippen molar-refractivity contribution in [3.63, 3.8) is 0 Å². The molecule has 2 aromatic carbocycles. The number of aliphatic hydroxyl groups excluding tert-OH is 1. The Morgan fingerprint density at radius 3 is 2.24 bits per heavy atom. The number of likely N-dealkylation sites (tertiary alicyclic amines) is 2. The van der Waals surface area contributed by atoms with Gasteiger partial charge in [-0.1, -0.05) is 50.6 Å². The maximum Gasteiger partial charge on any atom is 0.317 e. The van der Waals surface area contributed by atoms with Crippen LogP contribution in [-0.2, 0) is 70.5 Å². The van der Waals surface area contributed by atoms with Crippen LogP contribution in [0.4, 0.5) is 10.5 Å². The molecule has 2 saturated heterocycles. The molecule has 0 bridgehead atoms. The number of likely N-dealkylation sites (N-methyl/N-ethyl adjacent to an activating group) is 1. The summed E-state index contributed by atoms with van der Waals surface area (Å²) < 4.78 is 0. The van der Waals surface area contributed by atoms with E-state index in [1.165, 1.54) is 30.6 Å². The SMILES string of the molecule is CCC(C)C1NC(=O)CNC(=O)C(NC(=O)NC2CC(O)CN2C(=O)C(CC(=O)NCc2ccc(NC(=O)[C@H](C)NC(=O)CNC(=O)CCN3C(=O)CC(S)C3=O)cc2)NC)Cc2c([nH]c3ccccc23)SCC(C=O)NC(=O)CNC1=O. The van der Waals surface area contributed by atoms with E-state index in [-0.39, 0.29) is 57.5 Å². The molecule has 28 nitrogen and oxygen atoms in total. The van der Waals surface area contributed by atoms with E-state index in [1.54, 1.807) is 62.4 Å². The second-order valence-electron chi connectivity index (χ2n) is 20.2. The molecule has 0 radical (unpaired) electrons. The van der Waals surface area contributed by atoms with Crippen LogP contribution in [0.1, 0.15) is 64.0 Å². The van der Waals surface area contributed by atoms with Crippen LogP contribution >= 0.6 is 24.4 Å². The summed E-state index contributed by atoms with van der Waals surface area (Å²) in [6.07, 6.45) is -2.09. The molecule has 30 heteroatoms. The number of benzene rings is 2. The van der Waals surface area contributed by atoms with Crippen molar-refractivity contribution in [1.29, 1.82) is 0 Å². The van der Waals surface area contributed by atoms with Crippen molar-refractivity contribution in [2.24, 2.45) is 5.92 Å². The van der Waals surface area contributed by atoms with Crippen molar-refractivity contribution >= 4 is 118 Å². The number of thiol groups is 1. The van der Waals surface area contributed by atoms with E-state index in [4.69, 9.17) is 0 Å². The van der Waals surface area contributed by atoms with Gasteiger partial charge in [-0.05, 0) is 49.2 Å². The Balaban J connectivity index is 1.03. The van der Waals surface area contributed by atoms with Gasteiger partial charge >= 0.3 is 6.03 Å². The number of para-hydroxylation sites is 1. The first-order valence-electron chi connectivity index (χ1n) is 26.9. The standard InChI is InChI=1S/C53H70N14O14S2/c1-5-27(2)46-49(78)58-22-43(73)60-31(25-68)26-83-50-34(33-8-6-7-9-35(33)62-50)17-36(48(77)57-23-44(74)65-46)63-53(81)64-39-16-32(69)24-67(39)51(79)37(54-4)18-41(71)55-20-29-10-12-30(13-11-29)61-47(76)28(3)59-42(72)21-56-40(70)14-15-66-45(75)19-38(82)52(66)80/h6-13,25,27-28,31-32,36-39,46,54,62,69,82H,5,14-24,26H2,1-4H3,(H,55,71)(H,56,70)(H,57,77)(H,58,78)(H,59,72)(H,60,73)(H,61,76)(H,65,74)(H2,63,64,81)/t27?,28-,31?,32?,36?,37?,38?,39?,46?/m0/s1. The maximum absolute atomic E-state index is 14.1. The smallest absolute Gasteiger partial charge is 0.317 e. The van der Waals surface area contributed by atoms with Gasteiger partial charge in [-0.15, -0.1) is 11.8 Å². The Labute approximate surface area is 486 Å². The van der Waals surface area contributed by atoms with Crippen LogP contribution < -0.4 is 58.5 Å². The van der Waals surface area contributed by atoms with E-state index in [0.717, 1.165) is 4.90 Å². The molecule has 448 valence electrons. The molecule has 1 aromatic heterocycles. The third-order valence-corrected chi connectivity index (χ3v) is 15.6. The van der Waals surface area contributed by atoms with Crippen LogP contribution in [0.2, 0.25) is 0 Å². The molecule has 9 atom stereocenters. The number of anilines is 1. The van der Waals surface area contributed by atoms with Gasteiger partial charge in [0, 0.05) is 67.7 Å². The van der Waals surface area contributed by atoms with E-state index in [1.807, 2.05) is 0 Å². The molecule has 3 aliphatic heterocycles. The normalized spacial score (nSPS) is 22.0. The zero-order valence-electron chi connectivity index (χ0n) is 46.1. The zero-order valence-corrected chi connectivity index (χ0v) is 47.8. The highest BCUT2D eigenvalue weighted by molar-refractivity contribution is 7.99. The van der Waals surface area contributed by atoms with E-state index < -0.39 is 144 Å². The number of β-amino-alcohol motifs (C(OH)–C–C–N with tert-alkyl or cyclic N) is 1. The fourth-order valence-electron chi connectivity index (χ4n) is 9.17. The molecule has 6 rings (SSSR count). The highest BCUT2D eigenvalue weighted by atomic mass is 32.2. The minimum absolute atomic E-state index is 0.0222. The topological polar surface area (TPSA) is 397 Å². The highest BCUT2D eigenvalue weighted by Gasteiger charge is 2.40. The number of aliphatic hydroxyl groups is 1. The summed E-state index contributed by atoms with van der Waals surface area (Å²) in [6.45, 7) is 3.09. The first-order valence-corrected chi connectivity index (χ1v) is 28.4. The van der Waals surface area contributed by atoms with Crippen molar-refractivity contribution in [1.82, 2.24) is 68.0 Å². The molecular weight excluding hydrogens is 1120 g/mol. The molecule has 13 N–H and O–H groups in total. The van der Waals surface area contributed by atoms with E-state index in [0.29, 0.717) is 45.5 Å². The van der Waals surface area contributed by atoms with Gasteiger partial charge in [0.25, 0.3) is 0 Å². The van der Waals surface area contributed by atoms with Crippen LogP contribution in [0.3, 0.4) is 0 Å². The number of hydrogen-bond donors (Lipinski definition) is 14. The number of aromatic nitrogens is 1. The Morgan fingerprint density at radius 1 is 0.867 bits per heavy atom. The molecule has 0 spiro atoms. The van der Waals surface area contributed by atoms with Crippen LogP contribution in [0, 0.1) is 5.92 Å². The highest BCUT2D eigenvalue weighted by Crippen LogP contribution is 2.31. The molecule has 0 saturated carbocycles. The number of amides is 13. The lowest BCUT2D eigenvalue weighted by atomic mass is 9.98. The number of thioether (sulfide) groups is 1. The third kappa shape index (κ3) is 18.2. The van der Waals surface area contributed by atoms with Crippen molar-refractivity contribution in [2.45, 2.75) is 119 Å². The summed E-state index contributed by atoms with van der Waals surface area (Å²) in [5.74, 6) is -7.09. The van der Waals surface area contributed by atoms with Crippen molar-refractivity contribution in [3.05, 3.63) is 59.7 Å². The van der Waals surface area contributed by atoms with Crippen LogP contribution in [0.15, 0.2) is 53.6 Å². The molecule has 3 aliphatic rings. The van der Waals surface area contributed by atoms with Crippen LogP contribution in [0.5, 0.6) is 0 Å². The van der Waals surface area contributed by atoms with E-state index in [2.05, 4.69) is 76.1 Å². The summed E-state index contributed by atoms with van der Waals surface area (Å²) in [7, 11) is 1.46. The average Bonchev–Trinajstić information content (AvgIpc) is 4.21. The molecule has 83 heavy (non-hydrogen) atoms. The van der Waals surface area contributed by atoms with E-state index >= 15 is 0 Å². The van der Waals surface area contributed by atoms with Gasteiger partial charge in [0.15, 0.2) is 0 Å². The lowest BCUT2D eigenvalue weighted by molar-refractivity contribution is -0.139. The molecule has 4 heterocycles. The number of aldehydes is 1. The Bertz CT molecular complexity index is 2950. The summed E-state index contributed by atoms with van der Waals surface area (Å²) in [4.78, 5) is 174. The second-order valence-corrected chi connectivity index (χ2v) is 21.8. The summed E-state index contributed by atoms with van der Waals surface area (Å²) in [5, 5.41) is 39.9. The fraction of sp³-hybridized carbons (Fsp3) is 0.491. The minimum Gasteiger partial charge on any atom is -0.391 e. The Morgan fingerprint density at radius 2 is 1.57 bits per heavy atom. The number of urea groups is 1. The molecule has 3 aromatic rings. The Kier molecular flexibility index (Phi) is 23.4. The summed E-state index contributed by atoms with van der Waals surface area (Å²) in [5.41, 5.74) is 2.20. The van der Waals surface area contributed by atoms with Gasteiger partial charge in [-0.2, -0.15) is 12.6 Å². The second kappa shape index (κ2) is 30.3. The number of H-pyrrole nitrogens is 1. The quantitative estimate of drug-likeness (QED) is 0.0326. The molecule has 0 aliphatic carbocycles. The van der Waals surface area contributed by atoms with Crippen LogP contribution in [-0.4, -0.2) is 190 Å². The number of carbonyl (C=O) groups excluding carboxylic acids is 13. The van der Waals surface area contributed by atoms with Gasteiger partial charge < -0.3 is 78.3 Å². The van der Waals surface area contributed by atoms with E-state index in [9.17, 15) is 67.4 Å². The summed E-state index contributed by atoms with van der Waals surface area (Å²) >= 11 is 5.21. The number of nitrogens with one attached hydrogen (secondary N) is 12. The number of aromatic amines is 1. The van der Waals surface area contributed by atoms with Gasteiger partial charge in [-0.25, -0.2) is 4.79 Å². The molecular formula is C53H70N14O14S2. The zero-order chi connectivity index (χ0) is 60.5. The predicted octanol–water partition coefficient (Wildman–Crippen LogP) is -2.85. The van der Waals surface area contributed by atoms with Crippen molar-refractivity contribution in [3.8, 4) is 0 Å². The largest absolute Gasteiger partial charge is 0.391 e. The predicted molar refractivity (Wildman–Crippen MR) is 303 cm³/mol. The first-order chi connectivity index (χ1) is 39.6. The fourth-order valence-corrected chi connectivity index (χ4v) is 10.5. The number of carbonyl (C=O) groups is 13. The van der Waals surface area contributed by atoms with Crippen molar-refractivity contribution < 1.29 is 67.4 Å². The number of rotatable bonds is 19. The number of hydrogen-bond acceptors (Lipinski definition) is 17. The molecule has 2 fully saturated rings. The number of fused-ring (bicyclic) bond motifs is 3. The van der Waals surface area contributed by atoms with Gasteiger partial charge in [0.2, 0.25) is 65.0 Å². The van der Waals surface area contributed by atoms with Gasteiger partial charge in [-0.3, -0.25) is 57.6 Å². The van der Waals surface area contributed by atoms with Crippen molar-refractivity contribution in [2.75, 3.05) is 50.8 Å². The summed E-state index contributed by atoms with van der Waals surface area (Å²) in [6, 6.07) is 6.97. The van der Waals surface area contributed by atoms with Crippen LogP contribution in [0.25, 0.3) is 10.9 Å². The minimum atomic E-state index is -1.39.